The fourth-order valence-electron chi connectivity index (χ4n) is 1.66. The summed E-state index contributed by atoms with van der Waals surface area (Å²) in [7, 11) is 0. The molecule has 2 amide bonds. The summed E-state index contributed by atoms with van der Waals surface area (Å²) in [5.74, 6) is -3.12. The van der Waals surface area contributed by atoms with Gasteiger partial charge in [0, 0.05) is 6.08 Å². The highest BCUT2D eigenvalue weighted by atomic mass is 19.1. The van der Waals surface area contributed by atoms with E-state index in [9.17, 15) is 18.4 Å². The van der Waals surface area contributed by atoms with Gasteiger partial charge in [-0.05, 0) is 12.1 Å². The normalized spacial score (nSPS) is 14.9. The number of nitrogens with zero attached hydrogens (tertiary/aromatic N) is 1. The number of carbonyl (C=O) groups excluding carboxylic acids is 2. The second kappa shape index (κ2) is 5.15. The zero-order chi connectivity index (χ0) is 14.0. The van der Waals surface area contributed by atoms with Crippen LogP contribution < -0.4 is 5.32 Å². The van der Waals surface area contributed by atoms with Crippen molar-refractivity contribution in [2.75, 3.05) is 18.5 Å². The van der Waals surface area contributed by atoms with Crippen molar-refractivity contribution in [3.63, 3.8) is 0 Å². The van der Waals surface area contributed by atoms with E-state index in [0.717, 1.165) is 23.1 Å². The molecule has 0 radical (unpaired) electrons. The van der Waals surface area contributed by atoms with E-state index < -0.39 is 29.1 Å². The van der Waals surface area contributed by atoms with Crippen LogP contribution in [0.5, 0.6) is 0 Å². The highest BCUT2D eigenvalue weighted by Gasteiger charge is 2.31. The van der Waals surface area contributed by atoms with Crippen LogP contribution in [0.3, 0.4) is 0 Å². The Morgan fingerprint density at radius 3 is 2.42 bits per heavy atom. The van der Waals surface area contributed by atoms with E-state index in [-0.39, 0.29) is 18.8 Å². The molecule has 1 aromatic rings. The average Bonchev–Trinajstić information content (AvgIpc) is 2.62. The highest BCUT2D eigenvalue weighted by Crippen LogP contribution is 2.22. The van der Waals surface area contributed by atoms with E-state index in [1.54, 1.807) is 0 Å². The molecule has 0 atom stereocenters. The lowest BCUT2D eigenvalue weighted by Crippen LogP contribution is -2.34. The molecule has 0 saturated heterocycles. The summed E-state index contributed by atoms with van der Waals surface area (Å²) < 4.78 is 26.8. The van der Waals surface area contributed by atoms with E-state index in [4.69, 9.17) is 5.11 Å². The highest BCUT2D eigenvalue weighted by molar-refractivity contribution is 6.17. The van der Waals surface area contributed by atoms with E-state index in [2.05, 4.69) is 5.32 Å². The third kappa shape index (κ3) is 2.45. The molecule has 0 aromatic heterocycles. The van der Waals surface area contributed by atoms with Gasteiger partial charge in [0.25, 0.3) is 11.8 Å². The monoisotopic (exact) mass is 268 g/mol. The molecule has 0 fully saturated rings. The van der Waals surface area contributed by atoms with E-state index in [1.807, 2.05) is 0 Å². The Morgan fingerprint density at radius 2 is 1.84 bits per heavy atom. The Hall–Kier alpha value is -2.28. The number of para-hydroxylation sites is 1. The second-order valence-electron chi connectivity index (χ2n) is 3.80. The molecule has 19 heavy (non-hydrogen) atoms. The average molecular weight is 268 g/mol. The molecule has 0 unspecified atom stereocenters. The van der Waals surface area contributed by atoms with Crippen molar-refractivity contribution in [1.82, 2.24) is 4.90 Å². The first-order chi connectivity index (χ1) is 9.04. The molecule has 1 heterocycles. The fourth-order valence-corrected chi connectivity index (χ4v) is 1.66. The van der Waals surface area contributed by atoms with Gasteiger partial charge in [-0.25, -0.2) is 8.78 Å². The number of aliphatic hydroxyl groups excluding tert-OH is 1. The quantitative estimate of drug-likeness (QED) is 0.785. The van der Waals surface area contributed by atoms with Crippen LogP contribution in [-0.4, -0.2) is 35.0 Å². The zero-order valence-electron chi connectivity index (χ0n) is 9.69. The molecule has 1 aliphatic heterocycles. The molecular weight excluding hydrogens is 258 g/mol. The van der Waals surface area contributed by atoms with Gasteiger partial charge in [0.2, 0.25) is 0 Å². The summed E-state index contributed by atoms with van der Waals surface area (Å²) in [5.41, 5.74) is -0.733. The first kappa shape index (κ1) is 13.2. The SMILES string of the molecule is O=C1C=C(Nc2c(F)cccc2F)C(=O)N1CCO. The summed E-state index contributed by atoms with van der Waals surface area (Å²) in [6, 6.07) is 3.24. The van der Waals surface area contributed by atoms with E-state index in [1.165, 1.54) is 6.07 Å². The van der Waals surface area contributed by atoms with Gasteiger partial charge < -0.3 is 10.4 Å². The van der Waals surface area contributed by atoms with Gasteiger partial charge in [-0.3, -0.25) is 14.5 Å². The van der Waals surface area contributed by atoms with Gasteiger partial charge in [-0.15, -0.1) is 0 Å². The summed E-state index contributed by atoms with van der Waals surface area (Å²) in [6.07, 6.45) is 0.934. The number of amides is 2. The third-order valence-electron chi connectivity index (χ3n) is 2.56. The lowest BCUT2D eigenvalue weighted by Gasteiger charge is -2.13. The topological polar surface area (TPSA) is 69.6 Å². The van der Waals surface area contributed by atoms with Crippen molar-refractivity contribution in [2.24, 2.45) is 0 Å². The Bertz CT molecular complexity index is 552. The number of anilines is 1. The number of carbonyl (C=O) groups is 2. The summed E-state index contributed by atoms with van der Waals surface area (Å²) in [6.45, 7) is -0.550. The minimum absolute atomic E-state index is 0.168. The Morgan fingerprint density at radius 1 is 1.21 bits per heavy atom. The van der Waals surface area contributed by atoms with Gasteiger partial charge >= 0.3 is 0 Å². The van der Waals surface area contributed by atoms with E-state index >= 15 is 0 Å². The Kier molecular flexibility index (Phi) is 3.57. The van der Waals surface area contributed by atoms with Crippen LogP contribution in [0.2, 0.25) is 0 Å². The maximum Gasteiger partial charge on any atom is 0.277 e. The number of hydrogen-bond donors (Lipinski definition) is 2. The van der Waals surface area contributed by atoms with E-state index in [0.29, 0.717) is 0 Å². The third-order valence-corrected chi connectivity index (χ3v) is 2.56. The minimum Gasteiger partial charge on any atom is -0.395 e. The smallest absolute Gasteiger partial charge is 0.277 e. The Balaban J connectivity index is 2.23. The number of β-amino-alcohol motifs (C(OH)–C–C–N with tert-alkyl or cyclic N) is 1. The minimum atomic E-state index is -0.873. The number of halogens is 2. The van der Waals surface area contributed by atoms with Crippen LogP contribution in [0, 0.1) is 11.6 Å². The maximum absolute atomic E-state index is 13.4. The van der Waals surface area contributed by atoms with Gasteiger partial charge in [0.05, 0.1) is 13.2 Å². The lowest BCUT2D eigenvalue weighted by molar-refractivity contribution is -0.137. The maximum atomic E-state index is 13.4. The van der Waals surface area contributed by atoms with Crippen molar-refractivity contribution in [1.29, 1.82) is 0 Å². The molecule has 1 aromatic carbocycles. The van der Waals surface area contributed by atoms with Crippen molar-refractivity contribution in [3.8, 4) is 0 Å². The van der Waals surface area contributed by atoms with Gasteiger partial charge in [0.15, 0.2) is 0 Å². The first-order valence-electron chi connectivity index (χ1n) is 5.44. The first-order valence-corrected chi connectivity index (χ1v) is 5.44. The second-order valence-corrected chi connectivity index (χ2v) is 3.80. The van der Waals surface area contributed by atoms with Crippen LogP contribution in [0.25, 0.3) is 0 Å². The van der Waals surface area contributed by atoms with Crippen LogP contribution in [0.1, 0.15) is 0 Å². The number of benzene rings is 1. The van der Waals surface area contributed by atoms with Crippen molar-refractivity contribution in [3.05, 3.63) is 41.6 Å². The molecule has 100 valence electrons. The molecular formula is C12H10F2N2O3. The lowest BCUT2D eigenvalue weighted by atomic mass is 10.2. The summed E-state index contributed by atoms with van der Waals surface area (Å²) in [5, 5.41) is 11.0. The molecule has 7 heteroatoms. The number of nitrogens with one attached hydrogen (secondary N) is 1. The van der Waals surface area contributed by atoms with Crippen molar-refractivity contribution >= 4 is 17.5 Å². The molecule has 0 saturated carbocycles. The molecule has 0 aliphatic carbocycles. The summed E-state index contributed by atoms with van der Waals surface area (Å²) >= 11 is 0. The predicted octanol–water partition coefficient (Wildman–Crippen LogP) is 0.622. The molecule has 0 spiro atoms. The molecule has 2 rings (SSSR count). The van der Waals surface area contributed by atoms with Crippen LogP contribution >= 0.6 is 0 Å². The molecule has 1 aliphatic rings. The molecule has 2 N–H and O–H groups in total. The van der Waals surface area contributed by atoms with Crippen LogP contribution in [0.4, 0.5) is 14.5 Å². The van der Waals surface area contributed by atoms with Gasteiger partial charge in [-0.2, -0.15) is 0 Å². The number of rotatable bonds is 4. The largest absolute Gasteiger partial charge is 0.395 e. The van der Waals surface area contributed by atoms with Crippen molar-refractivity contribution in [2.45, 2.75) is 0 Å². The summed E-state index contributed by atoms with van der Waals surface area (Å²) in [4.78, 5) is 24.0. The van der Waals surface area contributed by atoms with Crippen molar-refractivity contribution < 1.29 is 23.5 Å². The predicted molar refractivity (Wildman–Crippen MR) is 61.9 cm³/mol. The number of aliphatic hydroxyl groups is 1. The number of imide groups is 1. The number of hydrogen-bond acceptors (Lipinski definition) is 4. The molecule has 5 nitrogen and oxygen atoms in total. The molecule has 0 bridgehead atoms. The zero-order valence-corrected chi connectivity index (χ0v) is 9.69. The van der Waals surface area contributed by atoms with Gasteiger partial charge in [-0.1, -0.05) is 6.07 Å². The van der Waals surface area contributed by atoms with Gasteiger partial charge in [0.1, 0.15) is 23.0 Å². The standard InChI is InChI=1S/C12H10F2N2O3/c13-7-2-1-3-8(14)11(7)15-9-6-10(18)16(4-5-17)12(9)19/h1-3,6,15,17H,4-5H2. The van der Waals surface area contributed by atoms with Crippen LogP contribution in [-0.2, 0) is 9.59 Å². The van der Waals surface area contributed by atoms with Crippen LogP contribution in [0.15, 0.2) is 30.0 Å². The Labute approximate surface area is 107 Å². The fraction of sp³-hybridized carbons (Fsp3) is 0.167.